The molecule has 2 fully saturated rings. The zero-order valence-corrected chi connectivity index (χ0v) is 13.3. The largest absolute Gasteiger partial charge is 0.328 e. The summed E-state index contributed by atoms with van der Waals surface area (Å²) in [6, 6.07) is 0.700. The van der Waals surface area contributed by atoms with Crippen LogP contribution in [0.25, 0.3) is 0 Å². The van der Waals surface area contributed by atoms with E-state index in [9.17, 15) is 0 Å². The Kier molecular flexibility index (Phi) is 3.76. The Morgan fingerprint density at radius 2 is 1.86 bits per heavy atom. The molecule has 2 aliphatic heterocycles. The number of nitrogens with zero attached hydrogens (tertiary/aromatic N) is 3. The van der Waals surface area contributed by atoms with E-state index in [4.69, 9.17) is 4.98 Å². The topological polar surface area (TPSA) is 33.1 Å². The highest BCUT2D eigenvalue weighted by Crippen LogP contribution is 2.38. The van der Waals surface area contributed by atoms with Gasteiger partial charge in [-0.25, -0.2) is 4.98 Å². The lowest BCUT2D eigenvalue weighted by atomic mass is 10.0. The van der Waals surface area contributed by atoms with Crippen LogP contribution >= 0.6 is 0 Å². The summed E-state index contributed by atoms with van der Waals surface area (Å²) in [5, 5.41) is 3.50. The molecule has 4 heteroatoms. The highest BCUT2D eigenvalue weighted by molar-refractivity contribution is 5.24. The van der Waals surface area contributed by atoms with Crippen LogP contribution in [0.4, 0.5) is 0 Å². The molecule has 3 aliphatic rings. The molecule has 4 nitrogen and oxygen atoms in total. The summed E-state index contributed by atoms with van der Waals surface area (Å²) < 4.78 is 2.71. The lowest BCUT2D eigenvalue weighted by Crippen LogP contribution is -2.34. The lowest BCUT2D eigenvalue weighted by molar-refractivity contribution is 0.215. The highest BCUT2D eigenvalue weighted by atomic mass is 15.2. The van der Waals surface area contributed by atoms with Crippen molar-refractivity contribution >= 4 is 0 Å². The minimum atomic E-state index is 0.700. The highest BCUT2D eigenvalue weighted by Gasteiger charge is 2.31. The number of nitrogens with one attached hydrogen (secondary N) is 1. The normalized spacial score (nSPS) is 25.4. The molecule has 0 radical (unpaired) electrons. The van der Waals surface area contributed by atoms with Crippen LogP contribution in [0.15, 0.2) is 0 Å². The second-order valence-electron chi connectivity index (χ2n) is 7.18. The number of imidazole rings is 1. The molecular formula is C17H28N4. The van der Waals surface area contributed by atoms with Crippen LogP contribution in [0.5, 0.6) is 0 Å². The van der Waals surface area contributed by atoms with Crippen LogP contribution in [0, 0.1) is 0 Å². The first kappa shape index (κ1) is 13.8. The number of fused-ring (bicyclic) bond motifs is 1. The third kappa shape index (κ3) is 2.53. The molecular weight excluding hydrogens is 260 g/mol. The number of likely N-dealkylation sites (tertiary alicyclic amines) is 1. The number of rotatable bonds is 2. The van der Waals surface area contributed by atoms with Gasteiger partial charge in [0.1, 0.15) is 5.82 Å². The molecule has 1 N–H and O–H groups in total. The SMILES string of the molecule is CN1CCC(n2c(C3CCCC3)nc3c2CCNC3)CC1. The number of hydrogen-bond donors (Lipinski definition) is 1. The fourth-order valence-corrected chi connectivity index (χ4v) is 4.49. The van der Waals surface area contributed by atoms with E-state index in [1.165, 1.54) is 69.6 Å². The second-order valence-corrected chi connectivity index (χ2v) is 7.18. The molecule has 1 saturated carbocycles. The number of piperidine rings is 1. The third-order valence-electron chi connectivity index (χ3n) is 5.72. The molecule has 1 aliphatic carbocycles. The molecule has 0 amide bonds. The monoisotopic (exact) mass is 288 g/mol. The summed E-state index contributed by atoms with van der Waals surface area (Å²) in [6.45, 7) is 4.57. The molecule has 0 aromatic carbocycles. The van der Waals surface area contributed by atoms with Gasteiger partial charge in [0.05, 0.1) is 5.69 Å². The third-order valence-corrected chi connectivity index (χ3v) is 5.72. The van der Waals surface area contributed by atoms with Gasteiger partial charge in [-0.15, -0.1) is 0 Å². The van der Waals surface area contributed by atoms with E-state index in [1.807, 2.05) is 0 Å². The first-order valence-electron chi connectivity index (χ1n) is 8.82. The summed E-state index contributed by atoms with van der Waals surface area (Å²) >= 11 is 0. The summed E-state index contributed by atoms with van der Waals surface area (Å²) in [6.07, 6.45) is 9.27. The predicted molar refractivity (Wildman–Crippen MR) is 84.6 cm³/mol. The van der Waals surface area contributed by atoms with Crippen LogP contribution in [0.3, 0.4) is 0 Å². The van der Waals surface area contributed by atoms with Crippen molar-refractivity contribution in [2.24, 2.45) is 0 Å². The predicted octanol–water partition coefficient (Wildman–Crippen LogP) is 2.45. The fourth-order valence-electron chi connectivity index (χ4n) is 4.49. The smallest absolute Gasteiger partial charge is 0.112 e. The molecule has 21 heavy (non-hydrogen) atoms. The Balaban J connectivity index is 1.70. The molecule has 116 valence electrons. The average molecular weight is 288 g/mol. The van der Waals surface area contributed by atoms with Gasteiger partial charge in [-0.3, -0.25) is 0 Å². The van der Waals surface area contributed by atoms with Crippen LogP contribution in [-0.4, -0.2) is 41.1 Å². The van der Waals surface area contributed by atoms with Gasteiger partial charge < -0.3 is 14.8 Å². The molecule has 0 spiro atoms. The fraction of sp³-hybridized carbons (Fsp3) is 0.824. The van der Waals surface area contributed by atoms with Gasteiger partial charge in [0.25, 0.3) is 0 Å². The lowest BCUT2D eigenvalue weighted by Gasteiger charge is -2.33. The zero-order chi connectivity index (χ0) is 14.2. The molecule has 0 unspecified atom stereocenters. The Hall–Kier alpha value is -0.870. The van der Waals surface area contributed by atoms with Crippen molar-refractivity contribution in [1.82, 2.24) is 19.8 Å². The Labute approximate surface area is 127 Å². The van der Waals surface area contributed by atoms with E-state index in [0.29, 0.717) is 6.04 Å². The quantitative estimate of drug-likeness (QED) is 0.907. The van der Waals surface area contributed by atoms with Gasteiger partial charge in [0, 0.05) is 37.2 Å². The first-order chi connectivity index (χ1) is 10.3. The maximum atomic E-state index is 5.11. The van der Waals surface area contributed by atoms with E-state index in [2.05, 4.69) is 21.8 Å². The van der Waals surface area contributed by atoms with E-state index < -0.39 is 0 Å². The summed E-state index contributed by atoms with van der Waals surface area (Å²) in [4.78, 5) is 7.58. The van der Waals surface area contributed by atoms with Crippen molar-refractivity contribution in [1.29, 1.82) is 0 Å². The molecule has 0 atom stereocenters. The molecule has 4 rings (SSSR count). The van der Waals surface area contributed by atoms with Crippen molar-refractivity contribution in [3.8, 4) is 0 Å². The molecule has 3 heterocycles. The second kappa shape index (κ2) is 5.73. The van der Waals surface area contributed by atoms with Crippen LogP contribution in [-0.2, 0) is 13.0 Å². The molecule has 1 aromatic heterocycles. The number of aromatic nitrogens is 2. The van der Waals surface area contributed by atoms with Crippen LogP contribution in [0.2, 0.25) is 0 Å². The molecule has 1 saturated heterocycles. The standard InChI is InChI=1S/C17H28N4/c1-20-10-7-14(8-11-20)21-16-6-9-18-12-15(16)19-17(21)13-4-2-3-5-13/h13-14,18H,2-12H2,1H3. The zero-order valence-electron chi connectivity index (χ0n) is 13.3. The van der Waals surface area contributed by atoms with Crippen molar-refractivity contribution in [3.63, 3.8) is 0 Å². The van der Waals surface area contributed by atoms with Crippen molar-refractivity contribution in [2.45, 2.75) is 63.5 Å². The van der Waals surface area contributed by atoms with Gasteiger partial charge >= 0.3 is 0 Å². The maximum absolute atomic E-state index is 5.11. The van der Waals surface area contributed by atoms with Crippen LogP contribution in [0.1, 0.15) is 67.7 Å². The summed E-state index contributed by atoms with van der Waals surface area (Å²) in [5.74, 6) is 2.17. The van der Waals surface area contributed by atoms with Crippen molar-refractivity contribution < 1.29 is 0 Å². The summed E-state index contributed by atoms with van der Waals surface area (Å²) in [7, 11) is 2.25. The van der Waals surface area contributed by atoms with Crippen molar-refractivity contribution in [3.05, 3.63) is 17.2 Å². The van der Waals surface area contributed by atoms with Gasteiger partial charge in [0.2, 0.25) is 0 Å². The summed E-state index contributed by atoms with van der Waals surface area (Å²) in [5.41, 5.74) is 2.91. The maximum Gasteiger partial charge on any atom is 0.112 e. The van der Waals surface area contributed by atoms with E-state index in [0.717, 1.165) is 19.0 Å². The van der Waals surface area contributed by atoms with E-state index >= 15 is 0 Å². The molecule has 0 bridgehead atoms. The Morgan fingerprint density at radius 3 is 2.62 bits per heavy atom. The minimum absolute atomic E-state index is 0.700. The Bertz CT molecular complexity index is 493. The molecule has 1 aromatic rings. The van der Waals surface area contributed by atoms with Crippen LogP contribution < -0.4 is 5.32 Å². The average Bonchev–Trinajstić information content (AvgIpc) is 3.15. The minimum Gasteiger partial charge on any atom is -0.328 e. The van der Waals surface area contributed by atoms with Gasteiger partial charge in [0.15, 0.2) is 0 Å². The first-order valence-corrected chi connectivity index (χ1v) is 8.82. The van der Waals surface area contributed by atoms with Gasteiger partial charge in [-0.2, -0.15) is 0 Å². The van der Waals surface area contributed by atoms with Crippen molar-refractivity contribution in [2.75, 3.05) is 26.7 Å². The van der Waals surface area contributed by atoms with E-state index in [-0.39, 0.29) is 0 Å². The van der Waals surface area contributed by atoms with Gasteiger partial charge in [-0.05, 0) is 45.8 Å². The van der Waals surface area contributed by atoms with E-state index in [1.54, 1.807) is 5.69 Å². The Morgan fingerprint density at radius 1 is 1.10 bits per heavy atom. The number of hydrogen-bond acceptors (Lipinski definition) is 3. The van der Waals surface area contributed by atoms with Gasteiger partial charge in [-0.1, -0.05) is 12.8 Å².